The van der Waals surface area contributed by atoms with Gasteiger partial charge in [0.05, 0.1) is 5.41 Å². The first kappa shape index (κ1) is 7.84. The lowest BCUT2D eigenvalue weighted by molar-refractivity contribution is -0.154. The highest BCUT2D eigenvalue weighted by Gasteiger charge is 2.63. The van der Waals surface area contributed by atoms with Crippen LogP contribution in [0, 0.1) is 23.2 Å². The summed E-state index contributed by atoms with van der Waals surface area (Å²) in [5.74, 6) is 1.36. The number of hydrogen-bond donors (Lipinski definition) is 1. The van der Waals surface area contributed by atoms with Gasteiger partial charge in [-0.1, -0.05) is 6.42 Å². The molecule has 3 aliphatic carbocycles. The molecular formula is C11H16O2. The smallest absolute Gasteiger partial charge is 0.310 e. The molecule has 0 aromatic carbocycles. The zero-order chi connectivity index (χ0) is 9.05. The molecule has 0 spiro atoms. The van der Waals surface area contributed by atoms with E-state index in [1.807, 2.05) is 0 Å². The zero-order valence-electron chi connectivity index (χ0n) is 7.83. The second-order valence-electron chi connectivity index (χ2n) is 5.11. The van der Waals surface area contributed by atoms with Crippen LogP contribution in [0.25, 0.3) is 0 Å². The van der Waals surface area contributed by atoms with Crippen LogP contribution < -0.4 is 0 Å². The van der Waals surface area contributed by atoms with Crippen molar-refractivity contribution in [3.8, 4) is 0 Å². The summed E-state index contributed by atoms with van der Waals surface area (Å²) in [6.07, 6.45) is 7.03. The predicted molar refractivity (Wildman–Crippen MR) is 48.2 cm³/mol. The third-order valence-corrected chi connectivity index (χ3v) is 4.94. The van der Waals surface area contributed by atoms with E-state index >= 15 is 0 Å². The van der Waals surface area contributed by atoms with Gasteiger partial charge in [0.2, 0.25) is 0 Å². The summed E-state index contributed by atoms with van der Waals surface area (Å²) in [6.45, 7) is 0. The van der Waals surface area contributed by atoms with Crippen LogP contribution in [-0.4, -0.2) is 11.1 Å². The van der Waals surface area contributed by atoms with Gasteiger partial charge in [0.1, 0.15) is 0 Å². The molecule has 0 radical (unpaired) electrons. The standard InChI is InChI=1S/C11H16O2/c12-10(13)11-5-1-2-9(11)7-3-4-8(11)6-7/h7-9H,1-6H2,(H,12,13)/t7-,8-,9+,11+/m1/s1. The second kappa shape index (κ2) is 2.28. The molecule has 3 fully saturated rings. The summed E-state index contributed by atoms with van der Waals surface area (Å²) in [5.41, 5.74) is -0.261. The molecule has 3 rings (SSSR count). The Morgan fingerprint density at radius 3 is 2.85 bits per heavy atom. The highest BCUT2D eigenvalue weighted by Crippen LogP contribution is 2.66. The summed E-state index contributed by atoms with van der Waals surface area (Å²) in [7, 11) is 0. The van der Waals surface area contributed by atoms with Crippen LogP contribution in [0.3, 0.4) is 0 Å². The average molecular weight is 180 g/mol. The van der Waals surface area contributed by atoms with Crippen LogP contribution in [0.5, 0.6) is 0 Å². The van der Waals surface area contributed by atoms with Crippen molar-refractivity contribution >= 4 is 5.97 Å². The Balaban J connectivity index is 2.04. The van der Waals surface area contributed by atoms with E-state index in [0.717, 1.165) is 18.8 Å². The van der Waals surface area contributed by atoms with Gasteiger partial charge in [-0.25, -0.2) is 0 Å². The lowest BCUT2D eigenvalue weighted by Crippen LogP contribution is -2.39. The third-order valence-electron chi connectivity index (χ3n) is 4.94. The summed E-state index contributed by atoms with van der Waals surface area (Å²) in [5, 5.41) is 9.40. The summed E-state index contributed by atoms with van der Waals surface area (Å²) < 4.78 is 0. The lowest BCUT2D eigenvalue weighted by atomic mass is 9.68. The van der Waals surface area contributed by atoms with Crippen molar-refractivity contribution < 1.29 is 9.90 Å². The van der Waals surface area contributed by atoms with Crippen molar-refractivity contribution in [2.45, 2.75) is 38.5 Å². The molecule has 13 heavy (non-hydrogen) atoms. The van der Waals surface area contributed by atoms with Crippen molar-refractivity contribution in [1.29, 1.82) is 0 Å². The molecule has 0 aromatic rings. The molecule has 1 N–H and O–H groups in total. The Morgan fingerprint density at radius 1 is 1.31 bits per heavy atom. The Kier molecular flexibility index (Phi) is 1.38. The number of carboxylic acid groups (broad SMARTS) is 1. The van der Waals surface area contributed by atoms with Crippen LogP contribution in [0.1, 0.15) is 38.5 Å². The van der Waals surface area contributed by atoms with Gasteiger partial charge in [-0.3, -0.25) is 4.79 Å². The van der Waals surface area contributed by atoms with Crippen LogP contribution in [-0.2, 0) is 4.79 Å². The van der Waals surface area contributed by atoms with Gasteiger partial charge < -0.3 is 5.11 Å². The maximum Gasteiger partial charge on any atom is 0.310 e. The van der Waals surface area contributed by atoms with E-state index in [0.29, 0.717) is 11.8 Å². The normalized spacial score (nSPS) is 52.5. The maximum absolute atomic E-state index is 11.4. The molecule has 2 nitrogen and oxygen atoms in total. The number of hydrogen-bond acceptors (Lipinski definition) is 1. The van der Waals surface area contributed by atoms with Crippen molar-refractivity contribution in [3.05, 3.63) is 0 Å². The monoisotopic (exact) mass is 180 g/mol. The van der Waals surface area contributed by atoms with E-state index in [1.165, 1.54) is 25.7 Å². The van der Waals surface area contributed by atoms with E-state index in [4.69, 9.17) is 0 Å². The summed E-state index contributed by atoms with van der Waals surface area (Å²) in [6, 6.07) is 0. The first-order valence-corrected chi connectivity index (χ1v) is 5.48. The van der Waals surface area contributed by atoms with Crippen molar-refractivity contribution in [3.63, 3.8) is 0 Å². The SMILES string of the molecule is O=C(O)[C@]12CCC[C@H]1[C@@H]1CC[C@@H]2C1. The molecule has 0 aliphatic heterocycles. The fraction of sp³-hybridized carbons (Fsp3) is 0.909. The van der Waals surface area contributed by atoms with Gasteiger partial charge in [-0.15, -0.1) is 0 Å². The van der Waals surface area contributed by atoms with E-state index in [2.05, 4.69) is 0 Å². The number of carboxylic acids is 1. The molecule has 3 saturated carbocycles. The average Bonchev–Trinajstić information content (AvgIpc) is 2.76. The first-order valence-electron chi connectivity index (χ1n) is 5.48. The Labute approximate surface area is 78.3 Å². The first-order chi connectivity index (χ1) is 6.25. The molecular weight excluding hydrogens is 164 g/mol. The molecule has 0 unspecified atom stereocenters. The molecule has 2 bridgehead atoms. The van der Waals surface area contributed by atoms with Gasteiger partial charge in [-0.05, 0) is 49.9 Å². The molecule has 0 amide bonds. The van der Waals surface area contributed by atoms with Crippen molar-refractivity contribution in [1.82, 2.24) is 0 Å². The largest absolute Gasteiger partial charge is 0.481 e. The van der Waals surface area contributed by atoms with E-state index in [9.17, 15) is 9.90 Å². The third kappa shape index (κ3) is 0.733. The second-order valence-corrected chi connectivity index (χ2v) is 5.11. The topological polar surface area (TPSA) is 37.3 Å². The minimum atomic E-state index is -0.484. The highest BCUT2D eigenvalue weighted by atomic mass is 16.4. The van der Waals surface area contributed by atoms with Gasteiger partial charge in [0.25, 0.3) is 0 Å². The molecule has 0 saturated heterocycles. The van der Waals surface area contributed by atoms with Crippen LogP contribution >= 0.6 is 0 Å². The zero-order valence-corrected chi connectivity index (χ0v) is 7.83. The fourth-order valence-corrected chi connectivity index (χ4v) is 4.51. The predicted octanol–water partition coefficient (Wildman–Crippen LogP) is 2.29. The van der Waals surface area contributed by atoms with Gasteiger partial charge in [0.15, 0.2) is 0 Å². The number of aliphatic carboxylic acids is 1. The molecule has 3 aliphatic rings. The number of carbonyl (C=O) groups is 1. The fourth-order valence-electron chi connectivity index (χ4n) is 4.51. The van der Waals surface area contributed by atoms with Crippen molar-refractivity contribution in [2.24, 2.45) is 23.2 Å². The van der Waals surface area contributed by atoms with Gasteiger partial charge >= 0.3 is 5.97 Å². The van der Waals surface area contributed by atoms with Crippen molar-refractivity contribution in [2.75, 3.05) is 0 Å². The molecule has 72 valence electrons. The number of rotatable bonds is 1. The quantitative estimate of drug-likeness (QED) is 0.672. The van der Waals surface area contributed by atoms with E-state index < -0.39 is 5.97 Å². The Morgan fingerprint density at radius 2 is 2.15 bits per heavy atom. The summed E-state index contributed by atoms with van der Waals surface area (Å²) in [4.78, 5) is 11.4. The lowest BCUT2D eigenvalue weighted by Gasteiger charge is -2.35. The molecule has 2 heteroatoms. The minimum Gasteiger partial charge on any atom is -0.481 e. The number of fused-ring (bicyclic) bond motifs is 5. The van der Waals surface area contributed by atoms with Crippen LogP contribution in [0.15, 0.2) is 0 Å². The van der Waals surface area contributed by atoms with Gasteiger partial charge in [0, 0.05) is 0 Å². The minimum absolute atomic E-state index is 0.261. The van der Waals surface area contributed by atoms with Gasteiger partial charge in [-0.2, -0.15) is 0 Å². The van der Waals surface area contributed by atoms with Crippen LogP contribution in [0.2, 0.25) is 0 Å². The maximum atomic E-state index is 11.4. The van der Waals surface area contributed by atoms with Crippen LogP contribution in [0.4, 0.5) is 0 Å². The highest BCUT2D eigenvalue weighted by molar-refractivity contribution is 5.77. The van der Waals surface area contributed by atoms with E-state index in [-0.39, 0.29) is 5.41 Å². The van der Waals surface area contributed by atoms with E-state index in [1.54, 1.807) is 0 Å². The molecule has 4 atom stereocenters. The Hall–Kier alpha value is -0.530. The molecule has 0 heterocycles. The summed E-state index contributed by atoms with van der Waals surface area (Å²) >= 11 is 0. The molecule has 0 aromatic heterocycles. The Bertz CT molecular complexity index is 261.